The Balaban J connectivity index is 1.45. The van der Waals surface area contributed by atoms with Crippen molar-refractivity contribution in [3.05, 3.63) is 35.2 Å². The van der Waals surface area contributed by atoms with Crippen LogP contribution in [0.1, 0.15) is 49.4 Å². The zero-order valence-electron chi connectivity index (χ0n) is 13.4. The number of oxazole rings is 1. The molecule has 5 nitrogen and oxygen atoms in total. The van der Waals surface area contributed by atoms with Crippen LogP contribution in [0.3, 0.4) is 0 Å². The van der Waals surface area contributed by atoms with Crippen molar-refractivity contribution < 1.29 is 4.42 Å². The van der Waals surface area contributed by atoms with Gasteiger partial charge in [0.05, 0.1) is 0 Å². The lowest BCUT2D eigenvalue weighted by molar-refractivity contribution is 0.407. The van der Waals surface area contributed by atoms with Crippen molar-refractivity contribution in [2.45, 2.75) is 38.5 Å². The maximum Gasteiger partial charge on any atom is 0.208 e. The Morgan fingerprint density at radius 2 is 1.96 bits per heavy atom. The van der Waals surface area contributed by atoms with Gasteiger partial charge >= 0.3 is 0 Å². The summed E-state index contributed by atoms with van der Waals surface area (Å²) >= 11 is 1.71. The summed E-state index contributed by atoms with van der Waals surface area (Å²) in [4.78, 5) is 6.99. The van der Waals surface area contributed by atoms with Crippen LogP contribution in [0, 0.1) is 0 Å². The molecule has 3 aromatic rings. The Morgan fingerprint density at radius 1 is 1.17 bits per heavy atom. The molecule has 0 bridgehead atoms. The second-order valence-electron chi connectivity index (χ2n) is 6.36. The zero-order valence-corrected chi connectivity index (χ0v) is 14.2. The SMILES string of the molecule is CC(C)c1nnc(N2CCC(c3nc4ccccc4o3)CC2)s1. The van der Waals surface area contributed by atoms with Gasteiger partial charge in [-0.3, -0.25) is 0 Å². The highest BCUT2D eigenvalue weighted by Crippen LogP contribution is 2.33. The van der Waals surface area contributed by atoms with E-state index in [9.17, 15) is 0 Å². The van der Waals surface area contributed by atoms with Crippen molar-refractivity contribution in [2.24, 2.45) is 0 Å². The molecule has 0 spiro atoms. The van der Waals surface area contributed by atoms with Crippen LogP contribution in [0.4, 0.5) is 5.13 Å². The van der Waals surface area contributed by atoms with Gasteiger partial charge in [0, 0.05) is 24.9 Å². The highest BCUT2D eigenvalue weighted by atomic mass is 32.1. The minimum Gasteiger partial charge on any atom is -0.440 e. The van der Waals surface area contributed by atoms with Gasteiger partial charge in [-0.05, 0) is 25.0 Å². The van der Waals surface area contributed by atoms with Gasteiger partial charge in [-0.15, -0.1) is 10.2 Å². The van der Waals surface area contributed by atoms with Crippen LogP contribution in [0.25, 0.3) is 11.1 Å². The third-order valence-electron chi connectivity index (χ3n) is 4.35. The summed E-state index contributed by atoms with van der Waals surface area (Å²) in [5.41, 5.74) is 1.84. The van der Waals surface area contributed by atoms with Crippen LogP contribution < -0.4 is 4.90 Å². The largest absolute Gasteiger partial charge is 0.440 e. The summed E-state index contributed by atoms with van der Waals surface area (Å²) < 4.78 is 5.93. The first-order chi connectivity index (χ1) is 11.2. The molecule has 0 saturated carbocycles. The minimum absolute atomic E-state index is 0.399. The van der Waals surface area contributed by atoms with Crippen molar-refractivity contribution >= 4 is 27.6 Å². The highest BCUT2D eigenvalue weighted by Gasteiger charge is 2.26. The molecule has 1 saturated heterocycles. The first-order valence-corrected chi connectivity index (χ1v) is 8.96. The molecule has 0 N–H and O–H groups in total. The Bertz CT molecular complexity index is 769. The maximum atomic E-state index is 5.93. The maximum absolute atomic E-state index is 5.93. The molecule has 1 aliphatic rings. The van der Waals surface area contributed by atoms with Crippen LogP contribution in [-0.4, -0.2) is 28.3 Å². The molecule has 0 radical (unpaired) electrons. The molecule has 2 aromatic heterocycles. The lowest BCUT2D eigenvalue weighted by atomic mass is 9.97. The second kappa shape index (κ2) is 5.92. The molecule has 23 heavy (non-hydrogen) atoms. The minimum atomic E-state index is 0.399. The van der Waals surface area contributed by atoms with E-state index in [1.54, 1.807) is 11.3 Å². The van der Waals surface area contributed by atoms with Gasteiger partial charge < -0.3 is 9.32 Å². The number of benzene rings is 1. The topological polar surface area (TPSA) is 55.1 Å². The molecule has 0 aliphatic carbocycles. The lowest BCUT2D eigenvalue weighted by Gasteiger charge is -2.29. The molecule has 6 heteroatoms. The number of fused-ring (bicyclic) bond motifs is 1. The van der Waals surface area contributed by atoms with E-state index in [2.05, 4.69) is 33.9 Å². The van der Waals surface area contributed by atoms with Gasteiger partial charge in [0.15, 0.2) is 11.5 Å². The first-order valence-electron chi connectivity index (χ1n) is 8.14. The van der Waals surface area contributed by atoms with E-state index in [4.69, 9.17) is 4.42 Å². The standard InChI is InChI=1S/C17H20N4OS/c1-11(2)16-19-20-17(23-16)21-9-7-12(8-10-21)15-18-13-5-3-4-6-14(13)22-15/h3-6,11-12H,7-10H2,1-2H3. The Kier molecular flexibility index (Phi) is 3.77. The zero-order chi connectivity index (χ0) is 15.8. The van der Waals surface area contributed by atoms with Gasteiger partial charge in [-0.25, -0.2) is 4.98 Å². The van der Waals surface area contributed by atoms with Gasteiger partial charge in [0.2, 0.25) is 5.13 Å². The summed E-state index contributed by atoms with van der Waals surface area (Å²) in [5.74, 6) is 1.72. The van der Waals surface area contributed by atoms with Gasteiger partial charge in [-0.1, -0.05) is 37.3 Å². The van der Waals surface area contributed by atoms with Crippen LogP contribution in [0.15, 0.2) is 28.7 Å². The van der Waals surface area contributed by atoms with Crippen molar-refractivity contribution in [3.63, 3.8) is 0 Å². The average Bonchev–Trinajstić information content (AvgIpc) is 3.22. The Morgan fingerprint density at radius 3 is 2.65 bits per heavy atom. The quantitative estimate of drug-likeness (QED) is 0.721. The van der Waals surface area contributed by atoms with Crippen molar-refractivity contribution in [2.75, 3.05) is 18.0 Å². The molecule has 0 amide bonds. The number of hydrogen-bond acceptors (Lipinski definition) is 6. The van der Waals surface area contributed by atoms with Crippen LogP contribution in [0.2, 0.25) is 0 Å². The molecule has 1 aliphatic heterocycles. The Labute approximate surface area is 139 Å². The fraction of sp³-hybridized carbons (Fsp3) is 0.471. The molecule has 120 valence electrons. The van der Waals surface area contributed by atoms with E-state index in [1.165, 1.54) is 0 Å². The second-order valence-corrected chi connectivity index (χ2v) is 7.35. The molecule has 0 unspecified atom stereocenters. The van der Waals surface area contributed by atoms with Crippen LogP contribution >= 0.6 is 11.3 Å². The van der Waals surface area contributed by atoms with E-state index in [0.29, 0.717) is 11.8 Å². The first kappa shape index (κ1) is 14.6. The van der Waals surface area contributed by atoms with Crippen LogP contribution in [0.5, 0.6) is 0 Å². The monoisotopic (exact) mass is 328 g/mol. The predicted octanol–water partition coefficient (Wildman–Crippen LogP) is 4.19. The molecular formula is C17H20N4OS. The van der Waals surface area contributed by atoms with E-state index < -0.39 is 0 Å². The highest BCUT2D eigenvalue weighted by molar-refractivity contribution is 7.15. The van der Waals surface area contributed by atoms with Gasteiger partial charge in [-0.2, -0.15) is 0 Å². The van der Waals surface area contributed by atoms with Crippen molar-refractivity contribution in [3.8, 4) is 0 Å². The van der Waals surface area contributed by atoms with E-state index >= 15 is 0 Å². The molecule has 1 aromatic carbocycles. The van der Waals surface area contributed by atoms with E-state index in [1.807, 2.05) is 24.3 Å². The molecule has 3 heterocycles. The fourth-order valence-corrected chi connectivity index (χ4v) is 3.87. The normalized spacial score (nSPS) is 16.6. The summed E-state index contributed by atoms with van der Waals surface area (Å²) in [7, 11) is 0. The smallest absolute Gasteiger partial charge is 0.208 e. The number of anilines is 1. The third kappa shape index (κ3) is 2.83. The number of nitrogens with zero attached hydrogens (tertiary/aromatic N) is 4. The Hall–Kier alpha value is -1.95. The van der Waals surface area contributed by atoms with E-state index in [-0.39, 0.29) is 0 Å². The van der Waals surface area contributed by atoms with Gasteiger partial charge in [0.1, 0.15) is 10.5 Å². The predicted molar refractivity (Wildman–Crippen MR) is 92.2 cm³/mol. The number of rotatable bonds is 3. The third-order valence-corrected chi connectivity index (χ3v) is 5.63. The molecule has 4 rings (SSSR count). The molecule has 0 atom stereocenters. The molecule has 1 fully saturated rings. The number of piperidine rings is 1. The number of hydrogen-bond donors (Lipinski definition) is 0. The van der Waals surface area contributed by atoms with Crippen molar-refractivity contribution in [1.82, 2.24) is 15.2 Å². The summed E-state index contributed by atoms with van der Waals surface area (Å²) in [6, 6.07) is 7.97. The van der Waals surface area contributed by atoms with E-state index in [0.717, 1.165) is 53.1 Å². The summed E-state index contributed by atoms with van der Waals surface area (Å²) in [5, 5.41) is 10.8. The average molecular weight is 328 g/mol. The number of para-hydroxylation sites is 2. The summed E-state index contributed by atoms with van der Waals surface area (Å²) in [6.45, 7) is 6.28. The summed E-state index contributed by atoms with van der Waals surface area (Å²) in [6.07, 6.45) is 2.09. The lowest BCUT2D eigenvalue weighted by Crippen LogP contribution is -2.32. The van der Waals surface area contributed by atoms with Crippen molar-refractivity contribution in [1.29, 1.82) is 0 Å². The molecular weight excluding hydrogens is 308 g/mol. The van der Waals surface area contributed by atoms with Gasteiger partial charge in [0.25, 0.3) is 0 Å². The van der Waals surface area contributed by atoms with Crippen LogP contribution in [-0.2, 0) is 0 Å². The fourth-order valence-electron chi connectivity index (χ4n) is 2.97. The number of aromatic nitrogens is 3.